The van der Waals surface area contributed by atoms with E-state index in [1.54, 1.807) is 11.4 Å². The molecule has 1 aliphatic rings. The molecule has 0 aliphatic carbocycles. The Bertz CT molecular complexity index is 308. The fourth-order valence-corrected chi connectivity index (χ4v) is 3.31. The van der Waals surface area contributed by atoms with E-state index >= 15 is 0 Å². The molecular weight excluding hydrogens is 250 g/mol. The van der Waals surface area contributed by atoms with Crippen LogP contribution in [0, 0.1) is 0 Å². The van der Waals surface area contributed by atoms with Crippen molar-refractivity contribution in [1.82, 2.24) is 13.9 Å². The second-order valence-electron chi connectivity index (χ2n) is 4.28. The average molecular weight is 272 g/mol. The second-order valence-corrected chi connectivity index (χ2v) is 6.22. The van der Waals surface area contributed by atoms with Crippen LogP contribution in [0.25, 0.3) is 0 Å². The number of hydrogen-bond donors (Lipinski definition) is 1. The van der Waals surface area contributed by atoms with Gasteiger partial charge >= 0.3 is 0 Å². The van der Waals surface area contributed by atoms with Gasteiger partial charge in [0.1, 0.15) is 0 Å². The van der Waals surface area contributed by atoms with Crippen molar-refractivity contribution in [1.29, 1.82) is 0 Å². The first kappa shape index (κ1) is 16.1. The van der Waals surface area contributed by atoms with Gasteiger partial charge in [-0.3, -0.25) is 0 Å². The van der Waals surface area contributed by atoms with Gasteiger partial charge in [0.25, 0.3) is 10.2 Å². The normalized spacial score (nSPS) is 23.5. The fourth-order valence-electron chi connectivity index (χ4n) is 1.60. The molecule has 1 rings (SSSR count). The molecule has 0 spiro atoms. The SMILES string of the molecule is CC(C)N(C)S(=O)(=O)N1CCNC[C@H]1C.Cl. The first-order chi connectivity index (χ1) is 6.87. The molecule has 5 nitrogen and oxygen atoms in total. The topological polar surface area (TPSA) is 52.7 Å². The highest BCUT2D eigenvalue weighted by Gasteiger charge is 2.33. The second kappa shape index (κ2) is 6.16. The maximum Gasteiger partial charge on any atom is 0.282 e. The molecule has 0 aromatic heterocycles. The van der Waals surface area contributed by atoms with E-state index in [0.29, 0.717) is 6.54 Å². The van der Waals surface area contributed by atoms with Gasteiger partial charge in [-0.05, 0) is 20.8 Å². The largest absolute Gasteiger partial charge is 0.314 e. The van der Waals surface area contributed by atoms with Crippen LogP contribution in [-0.4, -0.2) is 55.8 Å². The van der Waals surface area contributed by atoms with E-state index in [4.69, 9.17) is 0 Å². The van der Waals surface area contributed by atoms with Crippen molar-refractivity contribution in [2.24, 2.45) is 0 Å². The summed E-state index contributed by atoms with van der Waals surface area (Å²) in [7, 11) is -1.65. The summed E-state index contributed by atoms with van der Waals surface area (Å²) in [6.45, 7) is 7.70. The van der Waals surface area contributed by atoms with Crippen LogP contribution in [0.2, 0.25) is 0 Å². The molecule has 1 fully saturated rings. The Labute approximate surface area is 105 Å². The zero-order valence-corrected chi connectivity index (χ0v) is 11.9. The summed E-state index contributed by atoms with van der Waals surface area (Å²) in [6, 6.07) is 0.0297. The molecule has 1 N–H and O–H groups in total. The molecule has 98 valence electrons. The highest BCUT2D eigenvalue weighted by molar-refractivity contribution is 7.86. The van der Waals surface area contributed by atoms with Crippen molar-refractivity contribution in [3.63, 3.8) is 0 Å². The highest BCUT2D eigenvalue weighted by atomic mass is 35.5. The minimum atomic E-state index is -3.28. The van der Waals surface area contributed by atoms with Gasteiger partial charge in [-0.1, -0.05) is 0 Å². The van der Waals surface area contributed by atoms with E-state index < -0.39 is 10.2 Å². The van der Waals surface area contributed by atoms with E-state index in [1.165, 1.54) is 4.31 Å². The Morgan fingerprint density at radius 1 is 1.44 bits per heavy atom. The van der Waals surface area contributed by atoms with Gasteiger partial charge in [0.2, 0.25) is 0 Å². The Hall–Kier alpha value is 0.120. The van der Waals surface area contributed by atoms with Crippen molar-refractivity contribution >= 4 is 22.6 Å². The minimum absolute atomic E-state index is 0. The first-order valence-corrected chi connectivity index (χ1v) is 6.72. The third kappa shape index (κ3) is 3.30. The molecule has 0 saturated carbocycles. The van der Waals surface area contributed by atoms with Crippen molar-refractivity contribution in [2.45, 2.75) is 32.9 Å². The molecule has 1 aliphatic heterocycles. The minimum Gasteiger partial charge on any atom is -0.314 e. The average Bonchev–Trinajstić information content (AvgIpc) is 2.16. The van der Waals surface area contributed by atoms with Gasteiger partial charge in [0.05, 0.1) is 0 Å². The van der Waals surface area contributed by atoms with Crippen LogP contribution >= 0.6 is 12.4 Å². The summed E-state index contributed by atoms with van der Waals surface area (Å²) in [5, 5.41) is 3.18. The Balaban J connectivity index is 0.00000225. The van der Waals surface area contributed by atoms with Crippen LogP contribution in [-0.2, 0) is 10.2 Å². The van der Waals surface area contributed by atoms with Crippen LogP contribution in [0.15, 0.2) is 0 Å². The zero-order chi connectivity index (χ0) is 11.6. The quantitative estimate of drug-likeness (QED) is 0.803. The van der Waals surface area contributed by atoms with Crippen LogP contribution in [0.1, 0.15) is 20.8 Å². The molecule has 1 atom stereocenters. The van der Waals surface area contributed by atoms with Crippen molar-refractivity contribution in [3.8, 4) is 0 Å². The lowest BCUT2D eigenvalue weighted by Crippen LogP contribution is -2.56. The first-order valence-electron chi connectivity index (χ1n) is 5.33. The smallest absolute Gasteiger partial charge is 0.282 e. The maximum atomic E-state index is 12.2. The molecule has 0 radical (unpaired) electrons. The Morgan fingerprint density at radius 2 is 2.00 bits per heavy atom. The number of rotatable bonds is 3. The number of halogens is 1. The van der Waals surface area contributed by atoms with Crippen LogP contribution < -0.4 is 5.32 Å². The van der Waals surface area contributed by atoms with E-state index in [-0.39, 0.29) is 24.5 Å². The van der Waals surface area contributed by atoms with Gasteiger partial charge in [0, 0.05) is 38.8 Å². The van der Waals surface area contributed by atoms with Gasteiger partial charge in [-0.15, -0.1) is 12.4 Å². The van der Waals surface area contributed by atoms with Crippen LogP contribution in [0.4, 0.5) is 0 Å². The zero-order valence-electron chi connectivity index (χ0n) is 10.3. The summed E-state index contributed by atoms with van der Waals surface area (Å²) in [5.74, 6) is 0. The lowest BCUT2D eigenvalue weighted by Gasteiger charge is -2.36. The van der Waals surface area contributed by atoms with Crippen LogP contribution in [0.5, 0.6) is 0 Å². The summed E-state index contributed by atoms with van der Waals surface area (Å²) in [5.41, 5.74) is 0. The molecular formula is C9H22ClN3O2S. The van der Waals surface area contributed by atoms with E-state index in [9.17, 15) is 8.42 Å². The Kier molecular flexibility index (Phi) is 6.21. The summed E-state index contributed by atoms with van der Waals surface area (Å²) < 4.78 is 27.3. The summed E-state index contributed by atoms with van der Waals surface area (Å²) in [4.78, 5) is 0. The molecule has 0 bridgehead atoms. The predicted octanol–water partition coefficient (Wildman–Crippen LogP) is 0.287. The molecule has 7 heteroatoms. The van der Waals surface area contributed by atoms with Gasteiger partial charge < -0.3 is 5.32 Å². The van der Waals surface area contributed by atoms with Crippen molar-refractivity contribution in [3.05, 3.63) is 0 Å². The molecule has 0 amide bonds. The number of piperazine rings is 1. The lowest BCUT2D eigenvalue weighted by atomic mass is 10.3. The molecule has 0 aromatic carbocycles. The monoisotopic (exact) mass is 271 g/mol. The Morgan fingerprint density at radius 3 is 2.44 bits per heavy atom. The van der Waals surface area contributed by atoms with Gasteiger partial charge in [-0.25, -0.2) is 0 Å². The lowest BCUT2D eigenvalue weighted by molar-refractivity contribution is 0.256. The maximum absolute atomic E-state index is 12.2. The summed E-state index contributed by atoms with van der Waals surface area (Å²) in [6.07, 6.45) is 0. The standard InChI is InChI=1S/C9H21N3O2S.ClH/c1-8(2)11(4)15(13,14)12-6-5-10-7-9(12)3;/h8-10H,5-7H2,1-4H3;1H/t9-;/m1./s1. The van der Waals surface area contributed by atoms with Crippen LogP contribution in [0.3, 0.4) is 0 Å². The molecule has 16 heavy (non-hydrogen) atoms. The molecule has 1 saturated heterocycles. The highest BCUT2D eigenvalue weighted by Crippen LogP contribution is 2.14. The third-order valence-corrected chi connectivity index (χ3v) is 5.11. The fraction of sp³-hybridized carbons (Fsp3) is 1.00. The van der Waals surface area contributed by atoms with Gasteiger partial charge in [-0.2, -0.15) is 17.0 Å². The van der Waals surface area contributed by atoms with Gasteiger partial charge in [0.15, 0.2) is 0 Å². The summed E-state index contributed by atoms with van der Waals surface area (Å²) >= 11 is 0. The molecule has 1 heterocycles. The number of nitrogens with one attached hydrogen (secondary N) is 1. The number of hydrogen-bond acceptors (Lipinski definition) is 3. The van der Waals surface area contributed by atoms with E-state index in [2.05, 4.69) is 5.32 Å². The molecule has 0 unspecified atom stereocenters. The number of nitrogens with zero attached hydrogens (tertiary/aromatic N) is 2. The van der Waals surface area contributed by atoms with E-state index in [0.717, 1.165) is 13.1 Å². The molecule has 0 aromatic rings. The predicted molar refractivity (Wildman–Crippen MR) is 68.1 cm³/mol. The van der Waals surface area contributed by atoms with Crippen molar-refractivity contribution < 1.29 is 8.42 Å². The van der Waals surface area contributed by atoms with E-state index in [1.807, 2.05) is 20.8 Å². The third-order valence-electron chi connectivity index (χ3n) is 2.83. The van der Waals surface area contributed by atoms with Crippen molar-refractivity contribution in [2.75, 3.05) is 26.7 Å².